The fraction of sp³-hybridized carbons (Fsp3) is 0.111. The average molecular weight is 372 g/mol. The number of halogens is 1. The summed E-state index contributed by atoms with van der Waals surface area (Å²) in [5.41, 5.74) is 1.17. The number of aromatic nitrogens is 2. The normalized spacial score (nSPS) is 10.4. The van der Waals surface area contributed by atoms with Gasteiger partial charge in [-0.05, 0) is 24.3 Å². The second-order valence-corrected chi connectivity index (χ2v) is 6.75. The van der Waals surface area contributed by atoms with E-state index in [0.29, 0.717) is 39.1 Å². The number of nitrogens with zero attached hydrogens (tertiary/aromatic N) is 2. The molecule has 1 aromatic heterocycles. The number of aryl methyl sites for hydroxylation is 1. The van der Waals surface area contributed by atoms with Gasteiger partial charge in [0.1, 0.15) is 5.01 Å². The number of ketones is 1. The lowest BCUT2D eigenvalue weighted by Gasteiger charge is -2.00. The quantitative estimate of drug-likeness (QED) is 0.657. The third kappa shape index (κ3) is 4.71. The third-order valence-corrected chi connectivity index (χ3v) is 4.61. The molecule has 1 amide bonds. The molecular formula is C18H14ClN3O2S. The number of hydrogen-bond acceptors (Lipinski definition) is 5. The van der Waals surface area contributed by atoms with E-state index in [-0.39, 0.29) is 11.7 Å². The van der Waals surface area contributed by atoms with Gasteiger partial charge in [0.15, 0.2) is 5.78 Å². The van der Waals surface area contributed by atoms with Crippen LogP contribution in [0.3, 0.4) is 0 Å². The minimum Gasteiger partial charge on any atom is -0.296 e. The predicted octanol–water partition coefficient (Wildman–Crippen LogP) is 4.26. The first kappa shape index (κ1) is 17.3. The fourth-order valence-electron chi connectivity index (χ4n) is 2.16. The molecule has 3 rings (SSSR count). The molecule has 0 saturated heterocycles. The maximum Gasteiger partial charge on any atom is 0.257 e. The molecule has 0 saturated carbocycles. The number of anilines is 1. The summed E-state index contributed by atoms with van der Waals surface area (Å²) in [5.74, 6) is -0.220. The zero-order valence-electron chi connectivity index (χ0n) is 13.1. The van der Waals surface area contributed by atoms with E-state index in [1.807, 2.05) is 18.2 Å². The topological polar surface area (TPSA) is 72.0 Å². The van der Waals surface area contributed by atoms with Gasteiger partial charge in [0.25, 0.3) is 5.91 Å². The first-order valence-electron chi connectivity index (χ1n) is 7.59. The smallest absolute Gasteiger partial charge is 0.257 e. The van der Waals surface area contributed by atoms with Crippen molar-refractivity contribution >= 4 is 39.8 Å². The van der Waals surface area contributed by atoms with Crippen LogP contribution < -0.4 is 5.32 Å². The van der Waals surface area contributed by atoms with Gasteiger partial charge in [0, 0.05) is 29.0 Å². The van der Waals surface area contributed by atoms with Crippen molar-refractivity contribution in [3.63, 3.8) is 0 Å². The van der Waals surface area contributed by atoms with E-state index in [9.17, 15) is 9.59 Å². The van der Waals surface area contributed by atoms with Crippen LogP contribution in [-0.4, -0.2) is 21.9 Å². The number of carbonyl (C=O) groups excluding carboxylic acids is 2. The Morgan fingerprint density at radius 1 is 0.960 bits per heavy atom. The largest absolute Gasteiger partial charge is 0.296 e. The summed E-state index contributed by atoms with van der Waals surface area (Å²) in [5, 5.41) is 12.3. The average Bonchev–Trinajstić information content (AvgIpc) is 3.08. The molecule has 0 aliphatic heterocycles. The number of nitrogens with one attached hydrogen (secondary N) is 1. The highest BCUT2D eigenvalue weighted by Crippen LogP contribution is 2.19. The Hall–Kier alpha value is -2.57. The Morgan fingerprint density at radius 2 is 1.68 bits per heavy atom. The first-order chi connectivity index (χ1) is 12.1. The van der Waals surface area contributed by atoms with E-state index in [0.717, 1.165) is 0 Å². The van der Waals surface area contributed by atoms with Gasteiger partial charge < -0.3 is 0 Å². The lowest BCUT2D eigenvalue weighted by atomic mass is 10.1. The molecule has 0 spiro atoms. The Labute approximate surface area is 153 Å². The highest BCUT2D eigenvalue weighted by atomic mass is 35.5. The summed E-state index contributed by atoms with van der Waals surface area (Å²) in [6, 6.07) is 15.7. The summed E-state index contributed by atoms with van der Waals surface area (Å²) in [4.78, 5) is 24.2. The third-order valence-electron chi connectivity index (χ3n) is 3.46. The molecule has 0 aliphatic rings. The van der Waals surface area contributed by atoms with Crippen LogP contribution in [0.25, 0.3) is 0 Å². The molecule has 126 valence electrons. The van der Waals surface area contributed by atoms with E-state index in [4.69, 9.17) is 11.6 Å². The molecule has 1 heterocycles. The van der Waals surface area contributed by atoms with Crippen LogP contribution in [0.5, 0.6) is 0 Å². The number of carbonyl (C=O) groups is 2. The molecule has 2 aromatic carbocycles. The Kier molecular flexibility index (Phi) is 5.53. The molecule has 0 atom stereocenters. The van der Waals surface area contributed by atoms with Crippen molar-refractivity contribution in [1.82, 2.24) is 10.2 Å². The molecule has 1 N–H and O–H groups in total. The molecule has 5 nitrogen and oxygen atoms in total. The van der Waals surface area contributed by atoms with E-state index in [1.54, 1.807) is 36.4 Å². The number of rotatable bonds is 6. The lowest BCUT2D eigenvalue weighted by molar-refractivity contribution is 0.0981. The van der Waals surface area contributed by atoms with Crippen molar-refractivity contribution < 1.29 is 9.59 Å². The van der Waals surface area contributed by atoms with Crippen LogP contribution in [0.15, 0.2) is 54.6 Å². The number of hydrogen-bond donors (Lipinski definition) is 1. The zero-order chi connectivity index (χ0) is 17.6. The van der Waals surface area contributed by atoms with Gasteiger partial charge >= 0.3 is 0 Å². The molecule has 0 aliphatic carbocycles. The fourth-order valence-corrected chi connectivity index (χ4v) is 3.02. The predicted molar refractivity (Wildman–Crippen MR) is 98.4 cm³/mol. The zero-order valence-corrected chi connectivity index (χ0v) is 14.7. The summed E-state index contributed by atoms with van der Waals surface area (Å²) in [7, 11) is 0. The van der Waals surface area contributed by atoms with E-state index in [2.05, 4.69) is 15.5 Å². The molecule has 0 fully saturated rings. The monoisotopic (exact) mass is 371 g/mol. The second kappa shape index (κ2) is 8.00. The van der Waals surface area contributed by atoms with Crippen molar-refractivity contribution in [2.75, 3.05) is 5.32 Å². The molecule has 0 bridgehead atoms. The maximum absolute atomic E-state index is 12.1. The Morgan fingerprint density at radius 3 is 2.40 bits per heavy atom. The van der Waals surface area contributed by atoms with Gasteiger partial charge in [-0.25, -0.2) is 0 Å². The summed E-state index contributed by atoms with van der Waals surface area (Å²) < 4.78 is 0. The van der Waals surface area contributed by atoms with Crippen LogP contribution in [0.1, 0.15) is 32.1 Å². The highest BCUT2D eigenvalue weighted by molar-refractivity contribution is 7.15. The Balaban J connectivity index is 1.56. The van der Waals surface area contributed by atoms with Crippen LogP contribution in [0.2, 0.25) is 5.02 Å². The lowest BCUT2D eigenvalue weighted by Crippen LogP contribution is -2.11. The molecular weight excluding hydrogens is 358 g/mol. The molecule has 0 radical (unpaired) electrons. The Bertz CT molecular complexity index is 879. The van der Waals surface area contributed by atoms with Gasteiger partial charge in [-0.3, -0.25) is 14.9 Å². The number of Topliss-reactive ketones (excluding diaryl/α,β-unsaturated/α-hetero) is 1. The van der Waals surface area contributed by atoms with Crippen molar-refractivity contribution in [3.05, 3.63) is 75.8 Å². The SMILES string of the molecule is O=C(CCc1nnc(NC(=O)c2ccc(Cl)cc2)s1)c1ccccc1. The van der Waals surface area contributed by atoms with Gasteiger partial charge in [-0.15, -0.1) is 10.2 Å². The van der Waals surface area contributed by atoms with Gasteiger partial charge in [-0.2, -0.15) is 0 Å². The minimum atomic E-state index is -0.278. The van der Waals surface area contributed by atoms with Crippen molar-refractivity contribution in [1.29, 1.82) is 0 Å². The van der Waals surface area contributed by atoms with E-state index >= 15 is 0 Å². The number of amides is 1. The second-order valence-electron chi connectivity index (χ2n) is 5.25. The number of benzene rings is 2. The van der Waals surface area contributed by atoms with Gasteiger partial charge in [-0.1, -0.05) is 53.3 Å². The van der Waals surface area contributed by atoms with Gasteiger partial charge in [0.05, 0.1) is 0 Å². The van der Waals surface area contributed by atoms with Crippen molar-refractivity contribution in [3.8, 4) is 0 Å². The molecule has 0 unspecified atom stereocenters. The summed E-state index contributed by atoms with van der Waals surface area (Å²) in [6.45, 7) is 0. The molecule has 25 heavy (non-hydrogen) atoms. The van der Waals surface area contributed by atoms with Crippen molar-refractivity contribution in [2.24, 2.45) is 0 Å². The van der Waals surface area contributed by atoms with Crippen LogP contribution >= 0.6 is 22.9 Å². The first-order valence-corrected chi connectivity index (χ1v) is 8.79. The van der Waals surface area contributed by atoms with Crippen LogP contribution in [0, 0.1) is 0 Å². The van der Waals surface area contributed by atoms with E-state index < -0.39 is 0 Å². The molecule has 3 aromatic rings. The minimum absolute atomic E-state index is 0.0579. The van der Waals surface area contributed by atoms with Crippen LogP contribution in [-0.2, 0) is 6.42 Å². The summed E-state index contributed by atoms with van der Waals surface area (Å²) >= 11 is 7.07. The maximum atomic E-state index is 12.1. The standard InChI is InChI=1S/C18H14ClN3O2S/c19-14-8-6-13(7-9-14)17(24)20-18-22-21-16(25-18)11-10-15(23)12-4-2-1-3-5-12/h1-9H,10-11H2,(H,20,22,24). The summed E-state index contributed by atoms with van der Waals surface area (Å²) in [6.07, 6.45) is 0.839. The van der Waals surface area contributed by atoms with Crippen molar-refractivity contribution in [2.45, 2.75) is 12.8 Å². The van der Waals surface area contributed by atoms with Crippen LogP contribution in [0.4, 0.5) is 5.13 Å². The molecule has 7 heteroatoms. The highest BCUT2D eigenvalue weighted by Gasteiger charge is 2.12. The van der Waals surface area contributed by atoms with Gasteiger partial charge in [0.2, 0.25) is 5.13 Å². The van der Waals surface area contributed by atoms with E-state index in [1.165, 1.54) is 11.3 Å².